The summed E-state index contributed by atoms with van der Waals surface area (Å²) in [5, 5.41) is 12.7. The largest absolute Gasteiger partial charge is 0.393 e. The second kappa shape index (κ2) is 6.94. The molecule has 1 amide bonds. The third-order valence-electron chi connectivity index (χ3n) is 3.50. The van der Waals surface area contributed by atoms with E-state index in [-0.39, 0.29) is 32.8 Å². The molecule has 0 unspecified atom stereocenters. The van der Waals surface area contributed by atoms with Crippen molar-refractivity contribution in [3.8, 4) is 0 Å². The number of hydrogen-bond acceptors (Lipinski definition) is 3. The summed E-state index contributed by atoms with van der Waals surface area (Å²) in [5.41, 5.74) is 0.0805. The number of pyridine rings is 1. The van der Waals surface area contributed by atoms with E-state index in [0.29, 0.717) is 12.5 Å². The van der Waals surface area contributed by atoms with E-state index in [9.17, 15) is 9.90 Å². The number of carbonyl (C=O) groups is 1. The van der Waals surface area contributed by atoms with Crippen LogP contribution in [0.5, 0.6) is 0 Å². The highest BCUT2D eigenvalue weighted by atomic mass is 35.5. The number of hydrogen-bond donors (Lipinski definition) is 2. The van der Waals surface area contributed by atoms with Crippen LogP contribution in [0.25, 0.3) is 0 Å². The Bertz CT molecular complexity index is 503. The van der Waals surface area contributed by atoms with E-state index < -0.39 is 0 Å². The fraction of sp³-hybridized carbons (Fsp3) is 0.538. The Hall–Kier alpha value is -0.550. The third kappa shape index (κ3) is 3.76. The molecule has 1 heterocycles. The molecule has 1 saturated carbocycles. The molecule has 0 aliphatic heterocycles. The molecule has 0 atom stereocenters. The molecule has 1 aliphatic carbocycles. The van der Waals surface area contributed by atoms with Crippen molar-refractivity contribution in [3.05, 3.63) is 27.0 Å². The summed E-state index contributed by atoms with van der Waals surface area (Å²) in [7, 11) is 0. The summed E-state index contributed by atoms with van der Waals surface area (Å²) in [6.07, 6.45) is 4.49. The van der Waals surface area contributed by atoms with Crippen LogP contribution in [-0.2, 0) is 0 Å². The minimum Gasteiger partial charge on any atom is -0.393 e. The quantitative estimate of drug-likeness (QED) is 0.889. The van der Waals surface area contributed by atoms with E-state index in [1.807, 2.05) is 0 Å². The van der Waals surface area contributed by atoms with Crippen molar-refractivity contribution in [2.24, 2.45) is 5.92 Å². The zero-order chi connectivity index (χ0) is 14.7. The van der Waals surface area contributed by atoms with Crippen LogP contribution < -0.4 is 5.32 Å². The zero-order valence-electron chi connectivity index (χ0n) is 10.7. The zero-order valence-corrected chi connectivity index (χ0v) is 13.0. The van der Waals surface area contributed by atoms with E-state index in [4.69, 9.17) is 34.8 Å². The highest BCUT2D eigenvalue weighted by molar-refractivity contribution is 6.48. The first-order valence-corrected chi connectivity index (χ1v) is 7.58. The monoisotopic (exact) mass is 336 g/mol. The summed E-state index contributed by atoms with van der Waals surface area (Å²) in [6.45, 7) is 0.545. The molecule has 0 radical (unpaired) electrons. The maximum atomic E-state index is 12.0. The van der Waals surface area contributed by atoms with Gasteiger partial charge in [-0.1, -0.05) is 34.8 Å². The van der Waals surface area contributed by atoms with Gasteiger partial charge in [-0.15, -0.1) is 0 Å². The molecular formula is C13H15Cl3N2O2. The second-order valence-electron chi connectivity index (χ2n) is 4.97. The number of nitrogens with zero attached hydrogens (tertiary/aromatic N) is 1. The topological polar surface area (TPSA) is 62.2 Å². The van der Waals surface area contributed by atoms with Crippen LogP contribution in [0.4, 0.5) is 0 Å². The summed E-state index contributed by atoms with van der Waals surface area (Å²) in [4.78, 5) is 15.9. The standard InChI is InChI=1S/C13H15Cl3N2O2/c14-9-6-17-12(11(16)10(9)15)13(20)18-5-7-1-3-8(19)4-2-7/h6-8,19H,1-5H2,(H,18,20). The predicted octanol–water partition coefficient (Wildman–Crippen LogP) is 3.32. The van der Waals surface area contributed by atoms with Crippen LogP contribution in [-0.4, -0.2) is 28.6 Å². The van der Waals surface area contributed by atoms with Crippen molar-refractivity contribution in [2.75, 3.05) is 6.54 Å². The van der Waals surface area contributed by atoms with Gasteiger partial charge in [0.25, 0.3) is 5.91 Å². The fourth-order valence-electron chi connectivity index (χ4n) is 2.27. The van der Waals surface area contributed by atoms with Gasteiger partial charge in [-0.05, 0) is 31.6 Å². The molecule has 1 fully saturated rings. The number of carbonyl (C=O) groups excluding carboxylic acids is 1. The van der Waals surface area contributed by atoms with Gasteiger partial charge in [0.05, 0.1) is 21.2 Å². The number of aliphatic hydroxyl groups excluding tert-OH is 1. The fourth-order valence-corrected chi connectivity index (χ4v) is 2.84. The summed E-state index contributed by atoms with van der Waals surface area (Å²) >= 11 is 17.6. The molecule has 4 nitrogen and oxygen atoms in total. The van der Waals surface area contributed by atoms with Crippen molar-refractivity contribution in [2.45, 2.75) is 31.8 Å². The number of rotatable bonds is 3. The maximum absolute atomic E-state index is 12.0. The van der Waals surface area contributed by atoms with Crippen molar-refractivity contribution < 1.29 is 9.90 Å². The first-order valence-electron chi connectivity index (χ1n) is 6.44. The Labute approximate surface area is 132 Å². The Morgan fingerprint density at radius 2 is 1.90 bits per heavy atom. The van der Waals surface area contributed by atoms with Gasteiger partial charge in [0.15, 0.2) is 0 Å². The lowest BCUT2D eigenvalue weighted by molar-refractivity contribution is 0.0906. The predicted molar refractivity (Wildman–Crippen MR) is 79.6 cm³/mol. The van der Waals surface area contributed by atoms with Crippen LogP contribution in [0.15, 0.2) is 6.20 Å². The molecule has 7 heteroatoms. The highest BCUT2D eigenvalue weighted by Gasteiger charge is 2.21. The van der Waals surface area contributed by atoms with Crippen LogP contribution in [0.2, 0.25) is 15.1 Å². The van der Waals surface area contributed by atoms with Gasteiger partial charge in [0, 0.05) is 12.7 Å². The molecule has 20 heavy (non-hydrogen) atoms. The van der Waals surface area contributed by atoms with Gasteiger partial charge >= 0.3 is 0 Å². The van der Waals surface area contributed by atoms with Crippen LogP contribution >= 0.6 is 34.8 Å². The Morgan fingerprint density at radius 3 is 2.55 bits per heavy atom. The van der Waals surface area contributed by atoms with E-state index >= 15 is 0 Å². The lowest BCUT2D eigenvalue weighted by Crippen LogP contribution is -2.32. The average molecular weight is 338 g/mol. The molecule has 1 aromatic heterocycles. The Kier molecular flexibility index (Phi) is 5.49. The van der Waals surface area contributed by atoms with E-state index in [0.717, 1.165) is 25.7 Å². The van der Waals surface area contributed by atoms with Crippen molar-refractivity contribution in [1.82, 2.24) is 10.3 Å². The first-order chi connectivity index (χ1) is 9.49. The van der Waals surface area contributed by atoms with Gasteiger partial charge in [-0.25, -0.2) is 4.98 Å². The minimum atomic E-state index is -0.361. The molecule has 0 saturated heterocycles. The number of halogens is 3. The molecule has 2 rings (SSSR count). The molecule has 0 aromatic carbocycles. The molecule has 0 spiro atoms. The minimum absolute atomic E-state index is 0.0655. The van der Waals surface area contributed by atoms with Crippen LogP contribution in [0, 0.1) is 5.92 Å². The second-order valence-corrected chi connectivity index (χ2v) is 6.13. The molecule has 1 aromatic rings. The lowest BCUT2D eigenvalue weighted by Gasteiger charge is -2.25. The smallest absolute Gasteiger partial charge is 0.271 e. The third-order valence-corrected chi connectivity index (χ3v) is 4.74. The molecule has 0 bridgehead atoms. The maximum Gasteiger partial charge on any atom is 0.271 e. The van der Waals surface area contributed by atoms with Crippen molar-refractivity contribution >= 4 is 40.7 Å². The van der Waals surface area contributed by atoms with Crippen LogP contribution in [0.1, 0.15) is 36.2 Å². The SMILES string of the molecule is O=C(NCC1CCC(O)CC1)c1ncc(Cl)c(Cl)c1Cl. The molecule has 1 aliphatic rings. The molecule has 110 valence electrons. The number of nitrogens with one attached hydrogen (secondary N) is 1. The normalized spacial score (nSPS) is 22.6. The summed E-state index contributed by atoms with van der Waals surface area (Å²) in [6, 6.07) is 0. The van der Waals surface area contributed by atoms with Crippen molar-refractivity contribution in [1.29, 1.82) is 0 Å². The van der Waals surface area contributed by atoms with E-state index in [1.54, 1.807) is 0 Å². The number of amides is 1. The van der Waals surface area contributed by atoms with Gasteiger partial charge < -0.3 is 10.4 Å². The van der Waals surface area contributed by atoms with Crippen LogP contribution in [0.3, 0.4) is 0 Å². The average Bonchev–Trinajstić information content (AvgIpc) is 2.44. The highest BCUT2D eigenvalue weighted by Crippen LogP contribution is 2.31. The Balaban J connectivity index is 1.94. The van der Waals surface area contributed by atoms with Gasteiger partial charge in [-0.3, -0.25) is 4.79 Å². The van der Waals surface area contributed by atoms with Gasteiger partial charge in [0.2, 0.25) is 0 Å². The van der Waals surface area contributed by atoms with Gasteiger partial charge in [0.1, 0.15) is 5.69 Å². The van der Waals surface area contributed by atoms with E-state index in [2.05, 4.69) is 10.3 Å². The summed E-state index contributed by atoms with van der Waals surface area (Å²) in [5.74, 6) is 0.0172. The summed E-state index contributed by atoms with van der Waals surface area (Å²) < 4.78 is 0. The lowest BCUT2D eigenvalue weighted by atomic mass is 9.87. The van der Waals surface area contributed by atoms with Crippen molar-refractivity contribution in [3.63, 3.8) is 0 Å². The molecule has 2 N–H and O–H groups in total. The molecular weight excluding hydrogens is 323 g/mol. The Morgan fingerprint density at radius 1 is 1.25 bits per heavy atom. The number of aromatic nitrogens is 1. The number of aliphatic hydroxyl groups is 1. The van der Waals surface area contributed by atoms with E-state index in [1.165, 1.54) is 6.20 Å². The first kappa shape index (κ1) is 15.8. The van der Waals surface area contributed by atoms with Gasteiger partial charge in [-0.2, -0.15) is 0 Å².